The molecular formula is C32H47FO. The van der Waals surface area contributed by atoms with Crippen molar-refractivity contribution in [2.24, 2.45) is 11.8 Å². The molecule has 1 aliphatic rings. The smallest absolute Gasteiger partial charge is 0.134 e. The van der Waals surface area contributed by atoms with Crippen molar-refractivity contribution in [3.63, 3.8) is 0 Å². The second-order valence-corrected chi connectivity index (χ2v) is 10.4. The highest BCUT2D eigenvalue weighted by Crippen LogP contribution is 2.36. The highest BCUT2D eigenvalue weighted by molar-refractivity contribution is 5.65. The monoisotopic (exact) mass is 466 g/mol. The lowest BCUT2D eigenvalue weighted by Crippen LogP contribution is -2.36. The van der Waals surface area contributed by atoms with E-state index in [2.05, 4.69) is 45.0 Å². The molecule has 0 heterocycles. The number of unbranched alkanes of at least 4 members (excludes halogenated alkanes) is 4. The summed E-state index contributed by atoms with van der Waals surface area (Å²) < 4.78 is 21.8. The first-order chi connectivity index (χ1) is 16.7. The van der Waals surface area contributed by atoms with Crippen molar-refractivity contribution in [2.75, 3.05) is 0 Å². The molecule has 1 fully saturated rings. The second-order valence-electron chi connectivity index (χ2n) is 10.4. The van der Waals surface area contributed by atoms with Gasteiger partial charge in [-0.25, -0.2) is 4.39 Å². The van der Waals surface area contributed by atoms with Crippen LogP contribution in [0.3, 0.4) is 0 Å². The summed E-state index contributed by atoms with van der Waals surface area (Å²) >= 11 is 0. The minimum absolute atomic E-state index is 0.184. The van der Waals surface area contributed by atoms with E-state index < -0.39 is 0 Å². The van der Waals surface area contributed by atoms with E-state index in [1.54, 1.807) is 6.07 Å². The second kappa shape index (κ2) is 14.5. The zero-order valence-electron chi connectivity index (χ0n) is 22.0. The molecule has 188 valence electrons. The summed E-state index contributed by atoms with van der Waals surface area (Å²) in [5, 5.41) is 0. The van der Waals surface area contributed by atoms with E-state index in [0.29, 0.717) is 23.1 Å². The average Bonchev–Trinajstić information content (AvgIpc) is 2.87. The van der Waals surface area contributed by atoms with Gasteiger partial charge in [-0.1, -0.05) is 96.4 Å². The molecule has 1 aliphatic carbocycles. The molecule has 1 nitrogen and oxygen atoms in total. The molecule has 0 radical (unpaired) electrons. The van der Waals surface area contributed by atoms with Crippen LogP contribution in [0.15, 0.2) is 42.5 Å². The zero-order valence-corrected chi connectivity index (χ0v) is 22.0. The van der Waals surface area contributed by atoms with Crippen LogP contribution in [0.5, 0.6) is 5.75 Å². The fraction of sp³-hybridized carbons (Fsp3) is 0.625. The number of rotatable bonds is 14. The topological polar surface area (TPSA) is 9.23 Å². The average molecular weight is 467 g/mol. The summed E-state index contributed by atoms with van der Waals surface area (Å²) in [5.74, 6) is 1.65. The summed E-state index contributed by atoms with van der Waals surface area (Å²) in [7, 11) is 0. The Morgan fingerprint density at radius 1 is 0.853 bits per heavy atom. The molecule has 2 aromatic carbocycles. The van der Waals surface area contributed by atoms with E-state index in [1.165, 1.54) is 82.6 Å². The van der Waals surface area contributed by atoms with Gasteiger partial charge in [0.25, 0.3) is 0 Å². The Morgan fingerprint density at radius 2 is 1.59 bits per heavy atom. The number of halogens is 1. The summed E-state index contributed by atoms with van der Waals surface area (Å²) in [4.78, 5) is 0. The van der Waals surface area contributed by atoms with Crippen LogP contribution < -0.4 is 4.74 Å². The molecule has 0 spiro atoms. The number of aryl methyl sites for hydroxylation is 1. The number of ether oxygens (including phenoxy) is 1. The Hall–Kier alpha value is -1.83. The predicted molar refractivity (Wildman–Crippen MR) is 144 cm³/mol. The van der Waals surface area contributed by atoms with Crippen molar-refractivity contribution >= 4 is 0 Å². The van der Waals surface area contributed by atoms with E-state index in [-0.39, 0.29) is 11.9 Å². The molecule has 3 rings (SSSR count). The van der Waals surface area contributed by atoms with Gasteiger partial charge in [-0.05, 0) is 73.6 Å². The molecule has 2 atom stereocenters. The van der Waals surface area contributed by atoms with E-state index in [1.807, 2.05) is 12.1 Å². The summed E-state index contributed by atoms with van der Waals surface area (Å²) in [6, 6.07) is 14.0. The van der Waals surface area contributed by atoms with Crippen LogP contribution in [0.2, 0.25) is 0 Å². The maximum absolute atomic E-state index is 15.2. The fourth-order valence-electron chi connectivity index (χ4n) is 5.76. The van der Waals surface area contributed by atoms with Crippen LogP contribution in [0.25, 0.3) is 11.1 Å². The van der Waals surface area contributed by atoms with Crippen molar-refractivity contribution in [3.05, 3.63) is 53.8 Å². The zero-order chi connectivity index (χ0) is 24.2. The molecule has 0 aliphatic heterocycles. The Kier molecular flexibility index (Phi) is 11.4. The van der Waals surface area contributed by atoms with Gasteiger partial charge in [0.05, 0.1) is 0 Å². The molecule has 1 saturated carbocycles. The lowest BCUT2D eigenvalue weighted by atomic mass is 9.78. The quantitative estimate of drug-likeness (QED) is 0.252. The van der Waals surface area contributed by atoms with Crippen molar-refractivity contribution in [2.45, 2.75) is 117 Å². The first-order valence-electron chi connectivity index (χ1n) is 14.2. The molecule has 0 bridgehead atoms. The third kappa shape index (κ3) is 7.85. The van der Waals surface area contributed by atoms with E-state index in [9.17, 15) is 0 Å². The van der Waals surface area contributed by atoms with Crippen LogP contribution >= 0.6 is 0 Å². The summed E-state index contributed by atoms with van der Waals surface area (Å²) in [6.07, 6.45) is 17.7. The van der Waals surface area contributed by atoms with Gasteiger partial charge in [0.2, 0.25) is 0 Å². The van der Waals surface area contributed by atoms with Crippen molar-refractivity contribution in [1.82, 2.24) is 0 Å². The minimum Gasteiger partial charge on any atom is -0.490 e. The van der Waals surface area contributed by atoms with Crippen LogP contribution in [0.1, 0.15) is 110 Å². The third-order valence-electron chi connectivity index (χ3n) is 7.81. The highest BCUT2D eigenvalue weighted by atomic mass is 19.1. The molecule has 34 heavy (non-hydrogen) atoms. The van der Waals surface area contributed by atoms with Gasteiger partial charge in [-0.15, -0.1) is 0 Å². The van der Waals surface area contributed by atoms with Gasteiger partial charge in [0.15, 0.2) is 0 Å². The molecule has 0 aromatic heterocycles. The Labute approximate surface area is 208 Å². The van der Waals surface area contributed by atoms with Gasteiger partial charge in [-0.2, -0.15) is 0 Å². The van der Waals surface area contributed by atoms with Gasteiger partial charge < -0.3 is 4.74 Å². The first kappa shape index (κ1) is 26.8. The third-order valence-corrected chi connectivity index (χ3v) is 7.81. The molecule has 0 saturated heterocycles. The number of hydrogen-bond donors (Lipinski definition) is 0. The van der Waals surface area contributed by atoms with E-state index >= 15 is 4.39 Å². The first-order valence-corrected chi connectivity index (χ1v) is 14.2. The lowest BCUT2D eigenvalue weighted by Gasteiger charge is -2.36. The molecule has 2 aromatic rings. The maximum atomic E-state index is 15.2. The van der Waals surface area contributed by atoms with Crippen molar-refractivity contribution in [3.8, 4) is 16.9 Å². The maximum Gasteiger partial charge on any atom is 0.134 e. The number of benzene rings is 2. The number of hydrogen-bond acceptors (Lipinski definition) is 1. The standard InChI is InChI=1S/C32H47FO/c1-4-7-8-9-11-15-25-18-20-27(21-19-25)30-23-22-29(24-31(30)33)34-32(26(6-3)14-5-2)28-16-12-10-13-17-28/h18-24,26,28,32H,4-17H2,1-3H3. The lowest BCUT2D eigenvalue weighted by molar-refractivity contribution is 0.0489. The molecule has 2 unspecified atom stereocenters. The van der Waals surface area contributed by atoms with Gasteiger partial charge >= 0.3 is 0 Å². The predicted octanol–water partition coefficient (Wildman–Crippen LogP) is 10.2. The van der Waals surface area contributed by atoms with E-state index in [4.69, 9.17) is 4.74 Å². The van der Waals surface area contributed by atoms with Gasteiger partial charge in [-0.3, -0.25) is 0 Å². The summed E-state index contributed by atoms with van der Waals surface area (Å²) in [5.41, 5.74) is 2.95. The van der Waals surface area contributed by atoms with Crippen LogP contribution in [-0.2, 0) is 6.42 Å². The van der Waals surface area contributed by atoms with E-state index in [0.717, 1.165) is 18.4 Å². The van der Waals surface area contributed by atoms with Crippen LogP contribution in [-0.4, -0.2) is 6.10 Å². The molecule has 0 amide bonds. The summed E-state index contributed by atoms with van der Waals surface area (Å²) in [6.45, 7) is 6.78. The molecular weight excluding hydrogens is 419 g/mol. The van der Waals surface area contributed by atoms with Crippen LogP contribution in [0, 0.1) is 17.7 Å². The van der Waals surface area contributed by atoms with Crippen LogP contribution in [0.4, 0.5) is 4.39 Å². The Bertz CT molecular complexity index is 817. The fourth-order valence-corrected chi connectivity index (χ4v) is 5.76. The molecule has 0 N–H and O–H groups in total. The Morgan fingerprint density at radius 3 is 2.24 bits per heavy atom. The SMILES string of the molecule is CCCCCCCc1ccc(-c2ccc(OC(C(CC)CCC)C3CCCCC3)cc2F)cc1. The van der Waals surface area contributed by atoms with Gasteiger partial charge in [0.1, 0.15) is 17.7 Å². The van der Waals surface area contributed by atoms with Crippen molar-refractivity contribution in [1.29, 1.82) is 0 Å². The minimum atomic E-state index is -0.184. The highest BCUT2D eigenvalue weighted by Gasteiger charge is 2.31. The van der Waals surface area contributed by atoms with Gasteiger partial charge in [0, 0.05) is 11.6 Å². The largest absolute Gasteiger partial charge is 0.490 e. The normalized spacial score (nSPS) is 16.4. The van der Waals surface area contributed by atoms with Crippen molar-refractivity contribution < 1.29 is 9.13 Å². The Balaban J connectivity index is 1.67. The molecule has 2 heteroatoms.